The summed E-state index contributed by atoms with van der Waals surface area (Å²) in [5, 5.41) is 3.86. The molecule has 2 rings (SSSR count). The molecule has 0 saturated carbocycles. The second kappa shape index (κ2) is 3.98. The van der Waals surface area contributed by atoms with E-state index < -0.39 is 0 Å². The predicted molar refractivity (Wildman–Crippen MR) is 67.3 cm³/mol. The summed E-state index contributed by atoms with van der Waals surface area (Å²) < 4.78 is 0. The van der Waals surface area contributed by atoms with Crippen LogP contribution in [0.5, 0.6) is 0 Å². The summed E-state index contributed by atoms with van der Waals surface area (Å²) in [4.78, 5) is 13.6. The van der Waals surface area contributed by atoms with Gasteiger partial charge in [-0.3, -0.25) is 4.79 Å². The number of benzene rings is 1. The first-order valence-electron chi connectivity index (χ1n) is 5.37. The minimum Gasteiger partial charge on any atom is -0.374 e. The summed E-state index contributed by atoms with van der Waals surface area (Å²) in [6.45, 7) is 6.32. The number of hydrogen-bond acceptors (Lipinski definition) is 2. The monoisotopic (exact) mass is 238 g/mol. The molecule has 0 unspecified atom stereocenters. The van der Waals surface area contributed by atoms with Crippen LogP contribution in [0.3, 0.4) is 0 Å². The zero-order valence-corrected chi connectivity index (χ0v) is 10.4. The van der Waals surface area contributed by atoms with E-state index in [9.17, 15) is 4.79 Å². The molecule has 0 radical (unpaired) electrons. The Bertz CT molecular complexity index is 443. The number of halogens is 1. The van der Waals surface area contributed by atoms with Crippen molar-refractivity contribution < 1.29 is 4.79 Å². The quantitative estimate of drug-likeness (QED) is 0.816. The van der Waals surface area contributed by atoms with Crippen LogP contribution in [-0.2, 0) is 4.79 Å². The molecule has 1 aliphatic heterocycles. The fraction of sp³-hybridized carbons (Fsp3) is 0.417. The van der Waals surface area contributed by atoms with Gasteiger partial charge in [0.15, 0.2) is 0 Å². The molecular weight excluding hydrogens is 224 g/mol. The Labute approximate surface area is 100 Å². The zero-order valence-electron chi connectivity index (χ0n) is 9.67. The lowest BCUT2D eigenvalue weighted by Gasteiger charge is -2.34. The third kappa shape index (κ3) is 1.65. The molecule has 1 aromatic carbocycles. The molecule has 0 spiro atoms. The smallest absolute Gasteiger partial charge is 0.246 e. The Balaban J connectivity index is 2.57. The molecule has 0 saturated heterocycles. The largest absolute Gasteiger partial charge is 0.374 e. The summed E-state index contributed by atoms with van der Waals surface area (Å²) in [6, 6.07) is 3.90. The standard InChI is InChI=1S/C12H15ClN2O/c1-7(2)15-10-5-4-9(13)8(3)12(10)14-6-11(15)16/h4-5,7,14H,6H2,1-3H3. The molecule has 0 aromatic heterocycles. The number of fused-ring (bicyclic) bond motifs is 1. The molecule has 1 N–H and O–H groups in total. The highest BCUT2D eigenvalue weighted by molar-refractivity contribution is 6.32. The maximum absolute atomic E-state index is 11.8. The van der Waals surface area contributed by atoms with Gasteiger partial charge in [-0.1, -0.05) is 11.6 Å². The lowest BCUT2D eigenvalue weighted by molar-refractivity contribution is -0.117. The molecule has 1 aromatic rings. The number of hydrogen-bond donors (Lipinski definition) is 1. The van der Waals surface area contributed by atoms with Crippen molar-refractivity contribution in [3.05, 3.63) is 22.7 Å². The van der Waals surface area contributed by atoms with Crippen molar-refractivity contribution >= 4 is 28.9 Å². The molecule has 1 amide bonds. The number of nitrogens with zero attached hydrogens (tertiary/aromatic N) is 1. The van der Waals surface area contributed by atoms with Gasteiger partial charge in [-0.2, -0.15) is 0 Å². The van der Waals surface area contributed by atoms with Crippen LogP contribution < -0.4 is 10.2 Å². The highest BCUT2D eigenvalue weighted by atomic mass is 35.5. The van der Waals surface area contributed by atoms with Gasteiger partial charge in [0, 0.05) is 11.1 Å². The van der Waals surface area contributed by atoms with Gasteiger partial charge in [0.1, 0.15) is 0 Å². The number of amides is 1. The normalized spacial score (nSPS) is 15.1. The van der Waals surface area contributed by atoms with Gasteiger partial charge in [0.2, 0.25) is 5.91 Å². The number of carbonyl (C=O) groups excluding carboxylic acids is 1. The fourth-order valence-electron chi connectivity index (χ4n) is 2.05. The number of nitrogens with one attached hydrogen (secondary N) is 1. The zero-order chi connectivity index (χ0) is 11.9. The summed E-state index contributed by atoms with van der Waals surface area (Å²) in [7, 11) is 0. The third-order valence-corrected chi connectivity index (χ3v) is 3.25. The Hall–Kier alpha value is -1.22. The average molecular weight is 239 g/mol. The Morgan fingerprint density at radius 2 is 2.12 bits per heavy atom. The number of anilines is 2. The van der Waals surface area contributed by atoms with Crippen LogP contribution in [0.4, 0.5) is 11.4 Å². The summed E-state index contributed by atoms with van der Waals surface area (Å²) >= 11 is 6.07. The van der Waals surface area contributed by atoms with Crippen molar-refractivity contribution in [1.82, 2.24) is 0 Å². The maximum atomic E-state index is 11.8. The molecule has 1 aliphatic rings. The van der Waals surface area contributed by atoms with Gasteiger partial charge in [-0.15, -0.1) is 0 Å². The van der Waals surface area contributed by atoms with Crippen LogP contribution in [0.15, 0.2) is 12.1 Å². The number of rotatable bonds is 1. The van der Waals surface area contributed by atoms with E-state index in [1.54, 1.807) is 0 Å². The molecule has 0 aliphatic carbocycles. The van der Waals surface area contributed by atoms with Crippen LogP contribution in [0.25, 0.3) is 0 Å². The first-order chi connectivity index (χ1) is 7.52. The lowest BCUT2D eigenvalue weighted by Crippen LogP contribution is -2.44. The van der Waals surface area contributed by atoms with E-state index in [4.69, 9.17) is 11.6 Å². The Morgan fingerprint density at radius 3 is 2.75 bits per heavy atom. The molecular formula is C12H15ClN2O. The van der Waals surface area contributed by atoms with Crippen LogP contribution in [-0.4, -0.2) is 18.5 Å². The van der Waals surface area contributed by atoms with Crippen molar-refractivity contribution in [3.8, 4) is 0 Å². The van der Waals surface area contributed by atoms with Gasteiger partial charge < -0.3 is 10.2 Å². The Morgan fingerprint density at radius 1 is 1.44 bits per heavy atom. The Kier molecular flexibility index (Phi) is 2.80. The van der Waals surface area contributed by atoms with E-state index >= 15 is 0 Å². The summed E-state index contributed by atoms with van der Waals surface area (Å²) in [6.07, 6.45) is 0. The first kappa shape index (κ1) is 11.3. The van der Waals surface area contributed by atoms with Gasteiger partial charge in [-0.25, -0.2) is 0 Å². The van der Waals surface area contributed by atoms with E-state index in [2.05, 4.69) is 5.32 Å². The molecule has 3 nitrogen and oxygen atoms in total. The van der Waals surface area contributed by atoms with Crippen LogP contribution in [0.1, 0.15) is 19.4 Å². The first-order valence-corrected chi connectivity index (χ1v) is 5.75. The van der Waals surface area contributed by atoms with E-state index in [0.29, 0.717) is 6.54 Å². The van der Waals surface area contributed by atoms with Gasteiger partial charge >= 0.3 is 0 Å². The third-order valence-electron chi connectivity index (χ3n) is 2.84. The van der Waals surface area contributed by atoms with Crippen molar-refractivity contribution in [2.24, 2.45) is 0 Å². The predicted octanol–water partition coefficient (Wildman–Crippen LogP) is 2.82. The molecule has 86 valence electrons. The minimum absolute atomic E-state index is 0.101. The molecule has 16 heavy (non-hydrogen) atoms. The van der Waals surface area contributed by atoms with E-state index in [-0.39, 0.29) is 11.9 Å². The van der Waals surface area contributed by atoms with Crippen molar-refractivity contribution in [3.63, 3.8) is 0 Å². The van der Waals surface area contributed by atoms with Gasteiger partial charge in [0.25, 0.3) is 0 Å². The molecule has 0 fully saturated rings. The second-order valence-electron chi connectivity index (χ2n) is 4.28. The van der Waals surface area contributed by atoms with Gasteiger partial charge in [-0.05, 0) is 38.5 Å². The van der Waals surface area contributed by atoms with Crippen molar-refractivity contribution in [2.75, 3.05) is 16.8 Å². The topological polar surface area (TPSA) is 32.3 Å². The van der Waals surface area contributed by atoms with Crippen molar-refractivity contribution in [1.29, 1.82) is 0 Å². The molecule has 4 heteroatoms. The van der Waals surface area contributed by atoms with Crippen LogP contribution in [0, 0.1) is 6.92 Å². The van der Waals surface area contributed by atoms with Gasteiger partial charge in [0.05, 0.1) is 17.9 Å². The molecule has 0 bridgehead atoms. The molecule has 0 atom stereocenters. The molecule has 1 heterocycles. The van der Waals surface area contributed by atoms with Crippen molar-refractivity contribution in [2.45, 2.75) is 26.8 Å². The summed E-state index contributed by atoms with van der Waals surface area (Å²) in [5.41, 5.74) is 2.89. The van der Waals surface area contributed by atoms with Crippen LogP contribution in [0.2, 0.25) is 5.02 Å². The van der Waals surface area contributed by atoms with Crippen LogP contribution >= 0.6 is 11.6 Å². The van der Waals surface area contributed by atoms with E-state index in [0.717, 1.165) is 22.0 Å². The SMILES string of the molecule is Cc1c(Cl)ccc2c1NCC(=O)N2C(C)C. The average Bonchev–Trinajstić information content (AvgIpc) is 2.22. The second-order valence-corrected chi connectivity index (χ2v) is 4.68. The maximum Gasteiger partial charge on any atom is 0.246 e. The minimum atomic E-state index is 0.101. The van der Waals surface area contributed by atoms with E-state index in [1.165, 1.54) is 0 Å². The van der Waals surface area contributed by atoms with E-state index in [1.807, 2.05) is 37.8 Å². The summed E-state index contributed by atoms with van der Waals surface area (Å²) in [5.74, 6) is 0.101. The number of carbonyl (C=O) groups is 1. The highest BCUT2D eigenvalue weighted by Gasteiger charge is 2.27. The highest BCUT2D eigenvalue weighted by Crippen LogP contribution is 2.37. The lowest BCUT2D eigenvalue weighted by atomic mass is 10.1. The fourth-order valence-corrected chi connectivity index (χ4v) is 2.20.